The maximum absolute atomic E-state index is 2.51. The molecular formula is C12H25N. The predicted octanol–water partition coefficient (Wildman–Crippen LogP) is 3.15. The molecule has 0 N–H and O–H groups in total. The molecule has 0 heterocycles. The van der Waals surface area contributed by atoms with Crippen molar-refractivity contribution in [1.29, 1.82) is 0 Å². The molecule has 0 atom stereocenters. The number of rotatable bonds is 3. The molecule has 0 amide bonds. The molecule has 0 spiro atoms. The largest absolute Gasteiger partial charge is 0.306 e. The third kappa shape index (κ3) is 4.66. The number of hydrogen-bond acceptors (Lipinski definition) is 1. The van der Waals surface area contributed by atoms with Crippen molar-refractivity contribution < 1.29 is 0 Å². The molecule has 1 aliphatic rings. The Morgan fingerprint density at radius 1 is 1.15 bits per heavy atom. The van der Waals surface area contributed by atoms with Crippen molar-refractivity contribution in [3.8, 4) is 0 Å². The molecule has 0 radical (unpaired) electrons. The van der Waals surface area contributed by atoms with Crippen LogP contribution in [0, 0.1) is 11.3 Å². The highest BCUT2D eigenvalue weighted by atomic mass is 15.1. The number of nitrogens with zero attached hydrogens (tertiary/aromatic N) is 1. The molecule has 1 saturated carbocycles. The van der Waals surface area contributed by atoms with Crippen LogP contribution < -0.4 is 0 Å². The Morgan fingerprint density at radius 3 is 2.15 bits per heavy atom. The normalized spacial score (nSPS) is 20.1. The van der Waals surface area contributed by atoms with Crippen molar-refractivity contribution in [3.05, 3.63) is 0 Å². The van der Waals surface area contributed by atoms with E-state index in [-0.39, 0.29) is 0 Å². The van der Waals surface area contributed by atoms with Crippen LogP contribution in [0.1, 0.15) is 46.5 Å². The van der Waals surface area contributed by atoms with E-state index in [4.69, 9.17) is 0 Å². The highest BCUT2D eigenvalue weighted by Crippen LogP contribution is 2.26. The molecule has 0 unspecified atom stereocenters. The van der Waals surface area contributed by atoms with E-state index >= 15 is 0 Å². The third-order valence-electron chi connectivity index (χ3n) is 2.79. The van der Waals surface area contributed by atoms with Crippen LogP contribution in [-0.2, 0) is 0 Å². The van der Waals surface area contributed by atoms with Crippen molar-refractivity contribution in [3.63, 3.8) is 0 Å². The summed E-state index contributed by atoms with van der Waals surface area (Å²) in [5.74, 6) is 0.993. The van der Waals surface area contributed by atoms with Crippen LogP contribution in [0.3, 0.4) is 0 Å². The molecule has 78 valence electrons. The maximum Gasteiger partial charge on any atom is 0.00271 e. The Balaban J connectivity index is 2.20. The number of hydrogen-bond donors (Lipinski definition) is 0. The lowest BCUT2D eigenvalue weighted by Gasteiger charge is -2.28. The zero-order valence-corrected chi connectivity index (χ0v) is 9.77. The molecule has 13 heavy (non-hydrogen) atoms. The molecule has 1 aliphatic carbocycles. The summed E-state index contributed by atoms with van der Waals surface area (Å²) in [5, 5.41) is 0. The van der Waals surface area contributed by atoms with E-state index in [0.717, 1.165) is 5.92 Å². The van der Waals surface area contributed by atoms with Gasteiger partial charge in [-0.3, -0.25) is 0 Å². The molecule has 0 aromatic rings. The lowest BCUT2D eigenvalue weighted by Crippen LogP contribution is -2.32. The van der Waals surface area contributed by atoms with E-state index in [1.807, 2.05) is 0 Å². The quantitative estimate of drug-likeness (QED) is 0.649. The van der Waals surface area contributed by atoms with Crippen molar-refractivity contribution in [1.82, 2.24) is 4.90 Å². The van der Waals surface area contributed by atoms with Gasteiger partial charge in [-0.2, -0.15) is 0 Å². The van der Waals surface area contributed by atoms with Crippen molar-refractivity contribution in [2.75, 3.05) is 20.1 Å². The SMILES string of the molecule is CN(CC1CCCC1)CC(C)(C)C. The Morgan fingerprint density at radius 2 is 1.69 bits per heavy atom. The van der Waals surface area contributed by atoms with Gasteiger partial charge in [0, 0.05) is 13.1 Å². The fourth-order valence-corrected chi connectivity index (χ4v) is 2.51. The van der Waals surface area contributed by atoms with Crippen LogP contribution >= 0.6 is 0 Å². The second kappa shape index (κ2) is 4.45. The Kier molecular flexibility index (Phi) is 3.78. The zero-order chi connectivity index (χ0) is 9.90. The van der Waals surface area contributed by atoms with E-state index in [2.05, 4.69) is 32.7 Å². The van der Waals surface area contributed by atoms with Crippen LogP contribution in [-0.4, -0.2) is 25.0 Å². The topological polar surface area (TPSA) is 3.24 Å². The van der Waals surface area contributed by atoms with E-state index in [0.29, 0.717) is 5.41 Å². The summed E-state index contributed by atoms with van der Waals surface area (Å²) >= 11 is 0. The van der Waals surface area contributed by atoms with Crippen LogP contribution in [0.15, 0.2) is 0 Å². The monoisotopic (exact) mass is 183 g/mol. The van der Waals surface area contributed by atoms with Crippen LogP contribution in [0.25, 0.3) is 0 Å². The van der Waals surface area contributed by atoms with Gasteiger partial charge >= 0.3 is 0 Å². The van der Waals surface area contributed by atoms with Crippen LogP contribution in [0.5, 0.6) is 0 Å². The second-order valence-corrected chi connectivity index (χ2v) is 5.91. The molecule has 1 nitrogen and oxygen atoms in total. The first kappa shape index (κ1) is 11.0. The van der Waals surface area contributed by atoms with E-state index in [1.165, 1.54) is 38.8 Å². The minimum absolute atomic E-state index is 0.452. The molecule has 0 bridgehead atoms. The van der Waals surface area contributed by atoms with Gasteiger partial charge in [0.05, 0.1) is 0 Å². The summed E-state index contributed by atoms with van der Waals surface area (Å²) < 4.78 is 0. The molecule has 0 aliphatic heterocycles. The van der Waals surface area contributed by atoms with Crippen LogP contribution in [0.4, 0.5) is 0 Å². The summed E-state index contributed by atoms with van der Waals surface area (Å²) in [5.41, 5.74) is 0.452. The predicted molar refractivity (Wildman–Crippen MR) is 58.9 cm³/mol. The lowest BCUT2D eigenvalue weighted by atomic mass is 9.95. The van der Waals surface area contributed by atoms with Crippen molar-refractivity contribution in [2.45, 2.75) is 46.5 Å². The summed E-state index contributed by atoms with van der Waals surface area (Å²) in [7, 11) is 2.27. The first-order valence-corrected chi connectivity index (χ1v) is 5.66. The van der Waals surface area contributed by atoms with Crippen molar-refractivity contribution >= 4 is 0 Å². The molecule has 1 heteroatoms. The standard InChI is InChI=1S/C12H25N/c1-12(2,3)10-13(4)9-11-7-5-6-8-11/h11H,5-10H2,1-4H3. The van der Waals surface area contributed by atoms with E-state index in [9.17, 15) is 0 Å². The van der Waals surface area contributed by atoms with Crippen LogP contribution in [0.2, 0.25) is 0 Å². The maximum atomic E-state index is 2.51. The van der Waals surface area contributed by atoms with Gasteiger partial charge in [-0.1, -0.05) is 33.6 Å². The molecule has 1 rings (SSSR count). The summed E-state index contributed by atoms with van der Waals surface area (Å²) in [6, 6.07) is 0. The van der Waals surface area contributed by atoms with Gasteiger partial charge in [0.25, 0.3) is 0 Å². The molecule has 1 fully saturated rings. The first-order valence-electron chi connectivity index (χ1n) is 5.66. The second-order valence-electron chi connectivity index (χ2n) is 5.91. The fourth-order valence-electron chi connectivity index (χ4n) is 2.51. The smallest absolute Gasteiger partial charge is 0.00271 e. The Labute approximate surface area is 83.5 Å². The minimum Gasteiger partial charge on any atom is -0.306 e. The molecule has 0 saturated heterocycles. The summed E-state index contributed by atoms with van der Waals surface area (Å²) in [6.45, 7) is 9.50. The fraction of sp³-hybridized carbons (Fsp3) is 1.00. The third-order valence-corrected chi connectivity index (χ3v) is 2.79. The van der Waals surface area contributed by atoms with Crippen molar-refractivity contribution in [2.24, 2.45) is 11.3 Å². The molecule has 0 aromatic carbocycles. The zero-order valence-electron chi connectivity index (χ0n) is 9.77. The Bertz CT molecular complexity index is 140. The van der Waals surface area contributed by atoms with Gasteiger partial charge in [0.1, 0.15) is 0 Å². The molecule has 0 aromatic heterocycles. The Hall–Kier alpha value is -0.0400. The van der Waals surface area contributed by atoms with Gasteiger partial charge in [-0.25, -0.2) is 0 Å². The lowest BCUT2D eigenvalue weighted by molar-refractivity contribution is 0.200. The average Bonchev–Trinajstić information content (AvgIpc) is 2.34. The first-order chi connectivity index (χ1) is 5.97. The summed E-state index contributed by atoms with van der Waals surface area (Å²) in [4.78, 5) is 2.51. The highest BCUT2D eigenvalue weighted by molar-refractivity contribution is 4.73. The van der Waals surface area contributed by atoms with Gasteiger partial charge < -0.3 is 4.90 Å². The van der Waals surface area contributed by atoms with E-state index < -0.39 is 0 Å². The van der Waals surface area contributed by atoms with Gasteiger partial charge in [0.2, 0.25) is 0 Å². The van der Waals surface area contributed by atoms with E-state index in [1.54, 1.807) is 0 Å². The molecular weight excluding hydrogens is 158 g/mol. The summed E-state index contributed by atoms with van der Waals surface area (Å²) in [6.07, 6.45) is 5.87. The minimum atomic E-state index is 0.452. The average molecular weight is 183 g/mol. The van der Waals surface area contributed by atoms with Gasteiger partial charge in [0.15, 0.2) is 0 Å². The van der Waals surface area contributed by atoms with Gasteiger partial charge in [-0.15, -0.1) is 0 Å². The van der Waals surface area contributed by atoms with Gasteiger partial charge in [-0.05, 0) is 31.2 Å². The highest BCUT2D eigenvalue weighted by Gasteiger charge is 2.19.